The van der Waals surface area contributed by atoms with Crippen molar-refractivity contribution in [2.24, 2.45) is 5.92 Å². The van der Waals surface area contributed by atoms with Gasteiger partial charge in [-0.3, -0.25) is 9.59 Å². The Morgan fingerprint density at radius 1 is 1.04 bits per heavy atom. The lowest BCUT2D eigenvalue weighted by Crippen LogP contribution is -2.30. The number of hydrogen-bond acceptors (Lipinski definition) is 4. The summed E-state index contributed by atoms with van der Waals surface area (Å²) in [6.45, 7) is 1.31. The Kier molecular flexibility index (Phi) is 6.08. The van der Waals surface area contributed by atoms with Crippen molar-refractivity contribution in [2.75, 3.05) is 33.4 Å². The minimum atomic E-state index is -0.885. The van der Waals surface area contributed by atoms with Crippen molar-refractivity contribution in [3.05, 3.63) is 65.7 Å². The number of benzene rings is 2. The number of likely N-dealkylation sites (tertiary alicyclic amines) is 1. The van der Waals surface area contributed by atoms with Gasteiger partial charge in [-0.2, -0.15) is 0 Å². The summed E-state index contributed by atoms with van der Waals surface area (Å²) in [5.74, 6) is -1.47. The fourth-order valence-electron chi connectivity index (χ4n) is 3.43. The number of aliphatic carboxylic acids is 1. The van der Waals surface area contributed by atoms with E-state index in [0.29, 0.717) is 31.1 Å². The van der Waals surface area contributed by atoms with Crippen molar-refractivity contribution in [2.45, 2.75) is 5.92 Å². The molecule has 1 aliphatic heterocycles. The van der Waals surface area contributed by atoms with E-state index in [1.54, 1.807) is 36.3 Å². The van der Waals surface area contributed by atoms with Crippen molar-refractivity contribution in [1.29, 1.82) is 0 Å². The van der Waals surface area contributed by atoms with E-state index in [1.165, 1.54) is 0 Å². The molecule has 1 aliphatic rings. The molecule has 1 saturated heterocycles. The van der Waals surface area contributed by atoms with E-state index in [-0.39, 0.29) is 18.4 Å². The SMILES string of the molecule is COCCOc1ccccc1C(=O)N1C[C@H](C(=O)O)[C@H](c2ccccc2)C1. The van der Waals surface area contributed by atoms with Crippen LogP contribution in [0.15, 0.2) is 54.6 Å². The number of nitrogens with zero attached hydrogens (tertiary/aromatic N) is 1. The first kappa shape index (κ1) is 18.9. The highest BCUT2D eigenvalue weighted by Gasteiger charge is 2.41. The molecule has 0 bridgehead atoms. The molecule has 0 aromatic heterocycles. The van der Waals surface area contributed by atoms with Crippen molar-refractivity contribution < 1.29 is 24.2 Å². The van der Waals surface area contributed by atoms with Crippen LogP contribution in [0.2, 0.25) is 0 Å². The van der Waals surface area contributed by atoms with Crippen LogP contribution in [0.5, 0.6) is 5.75 Å². The third kappa shape index (κ3) is 4.28. The molecule has 1 N–H and O–H groups in total. The molecule has 0 aliphatic carbocycles. The second kappa shape index (κ2) is 8.68. The molecule has 2 atom stereocenters. The van der Waals surface area contributed by atoms with Gasteiger partial charge in [-0.05, 0) is 17.7 Å². The van der Waals surface area contributed by atoms with E-state index in [2.05, 4.69) is 0 Å². The summed E-state index contributed by atoms with van der Waals surface area (Å²) >= 11 is 0. The highest BCUT2D eigenvalue weighted by Crippen LogP contribution is 2.34. The highest BCUT2D eigenvalue weighted by atomic mass is 16.5. The molecule has 0 spiro atoms. The Labute approximate surface area is 158 Å². The van der Waals surface area contributed by atoms with E-state index in [1.807, 2.05) is 30.3 Å². The van der Waals surface area contributed by atoms with Gasteiger partial charge in [0.05, 0.1) is 18.1 Å². The fraction of sp³-hybridized carbons (Fsp3) is 0.333. The first-order chi connectivity index (χ1) is 13.1. The summed E-state index contributed by atoms with van der Waals surface area (Å²) in [6, 6.07) is 16.5. The summed E-state index contributed by atoms with van der Waals surface area (Å²) in [7, 11) is 1.58. The zero-order valence-corrected chi connectivity index (χ0v) is 15.2. The first-order valence-corrected chi connectivity index (χ1v) is 8.89. The fourth-order valence-corrected chi connectivity index (χ4v) is 3.43. The Bertz CT molecular complexity index is 792. The largest absolute Gasteiger partial charge is 0.490 e. The van der Waals surface area contributed by atoms with Crippen molar-refractivity contribution in [3.63, 3.8) is 0 Å². The van der Waals surface area contributed by atoms with Gasteiger partial charge in [-0.25, -0.2) is 0 Å². The number of rotatable bonds is 7. The normalized spacial score (nSPS) is 19.1. The first-order valence-electron chi connectivity index (χ1n) is 8.89. The lowest BCUT2D eigenvalue weighted by Gasteiger charge is -2.18. The van der Waals surface area contributed by atoms with Gasteiger partial charge in [-0.15, -0.1) is 0 Å². The maximum atomic E-state index is 13.1. The molecule has 2 aromatic carbocycles. The van der Waals surface area contributed by atoms with Crippen LogP contribution in [-0.4, -0.2) is 55.3 Å². The molecular weight excluding hydrogens is 346 g/mol. The highest BCUT2D eigenvalue weighted by molar-refractivity contribution is 5.97. The maximum Gasteiger partial charge on any atom is 0.308 e. The Hall–Kier alpha value is -2.86. The van der Waals surface area contributed by atoms with Gasteiger partial charge in [0.15, 0.2) is 0 Å². The predicted octanol–water partition coefficient (Wildman–Crippen LogP) is 2.65. The van der Waals surface area contributed by atoms with E-state index >= 15 is 0 Å². The number of carboxylic acid groups (broad SMARTS) is 1. The van der Waals surface area contributed by atoms with Crippen LogP contribution < -0.4 is 4.74 Å². The molecule has 6 heteroatoms. The maximum absolute atomic E-state index is 13.1. The molecule has 6 nitrogen and oxygen atoms in total. The number of para-hydroxylation sites is 1. The monoisotopic (exact) mass is 369 g/mol. The number of carboxylic acids is 1. The third-order valence-corrected chi connectivity index (χ3v) is 4.81. The van der Waals surface area contributed by atoms with Crippen LogP contribution in [-0.2, 0) is 9.53 Å². The van der Waals surface area contributed by atoms with Gasteiger partial charge in [0.1, 0.15) is 12.4 Å². The number of carbonyl (C=O) groups is 2. The van der Waals surface area contributed by atoms with E-state index in [0.717, 1.165) is 5.56 Å². The number of amides is 1. The molecular formula is C21H23NO5. The van der Waals surface area contributed by atoms with Crippen molar-refractivity contribution >= 4 is 11.9 Å². The van der Waals surface area contributed by atoms with Crippen LogP contribution in [0.3, 0.4) is 0 Å². The van der Waals surface area contributed by atoms with Gasteiger partial charge in [0, 0.05) is 26.1 Å². The Morgan fingerprint density at radius 2 is 1.74 bits per heavy atom. The topological polar surface area (TPSA) is 76.1 Å². The molecule has 1 heterocycles. The lowest BCUT2D eigenvalue weighted by molar-refractivity contribution is -0.141. The van der Waals surface area contributed by atoms with Gasteiger partial charge >= 0.3 is 5.97 Å². The molecule has 2 aromatic rings. The second-order valence-electron chi connectivity index (χ2n) is 6.51. The quantitative estimate of drug-likeness (QED) is 0.760. The summed E-state index contributed by atoms with van der Waals surface area (Å²) in [6.07, 6.45) is 0. The van der Waals surface area contributed by atoms with Gasteiger partial charge in [0.2, 0.25) is 0 Å². The molecule has 0 radical (unpaired) electrons. The van der Waals surface area contributed by atoms with Crippen LogP contribution >= 0.6 is 0 Å². The average Bonchev–Trinajstić information content (AvgIpc) is 3.14. The minimum Gasteiger partial charge on any atom is -0.490 e. The third-order valence-electron chi connectivity index (χ3n) is 4.81. The van der Waals surface area contributed by atoms with E-state index in [4.69, 9.17) is 9.47 Å². The van der Waals surface area contributed by atoms with Crippen LogP contribution in [0, 0.1) is 5.92 Å². The summed E-state index contributed by atoms with van der Waals surface area (Å²) in [4.78, 5) is 26.4. The molecule has 0 unspecified atom stereocenters. The smallest absolute Gasteiger partial charge is 0.308 e. The zero-order chi connectivity index (χ0) is 19.2. The standard InChI is InChI=1S/C21H23NO5/c1-26-11-12-27-19-10-6-5-9-16(19)20(23)22-13-17(18(14-22)21(24)25)15-7-3-2-4-8-15/h2-10,17-18H,11-14H2,1H3,(H,24,25)/t17-,18-/m0/s1. The summed E-state index contributed by atoms with van der Waals surface area (Å²) in [5, 5.41) is 9.64. The number of methoxy groups -OCH3 is 1. The van der Waals surface area contributed by atoms with E-state index < -0.39 is 11.9 Å². The predicted molar refractivity (Wildman–Crippen MR) is 100 cm³/mol. The summed E-state index contributed by atoms with van der Waals surface area (Å²) in [5.41, 5.74) is 1.37. The second-order valence-corrected chi connectivity index (χ2v) is 6.51. The average molecular weight is 369 g/mol. The molecule has 27 heavy (non-hydrogen) atoms. The Morgan fingerprint density at radius 3 is 2.44 bits per heavy atom. The van der Waals surface area contributed by atoms with Gasteiger partial charge in [-0.1, -0.05) is 42.5 Å². The molecule has 142 valence electrons. The van der Waals surface area contributed by atoms with Crippen molar-refractivity contribution in [3.8, 4) is 5.75 Å². The lowest BCUT2D eigenvalue weighted by atomic mass is 9.89. The molecule has 1 fully saturated rings. The Balaban J connectivity index is 1.81. The molecule has 0 saturated carbocycles. The number of carbonyl (C=O) groups excluding carboxylic acids is 1. The van der Waals surface area contributed by atoms with Crippen LogP contribution in [0.25, 0.3) is 0 Å². The molecule has 3 rings (SSSR count). The van der Waals surface area contributed by atoms with E-state index in [9.17, 15) is 14.7 Å². The van der Waals surface area contributed by atoms with Gasteiger partial charge in [0.25, 0.3) is 5.91 Å². The number of hydrogen-bond donors (Lipinski definition) is 1. The number of ether oxygens (including phenoxy) is 2. The molecule has 1 amide bonds. The minimum absolute atomic E-state index is 0.181. The summed E-state index contributed by atoms with van der Waals surface area (Å²) < 4.78 is 10.6. The van der Waals surface area contributed by atoms with Gasteiger partial charge < -0.3 is 19.5 Å². The van der Waals surface area contributed by atoms with Crippen LogP contribution in [0.4, 0.5) is 0 Å². The van der Waals surface area contributed by atoms with Crippen molar-refractivity contribution in [1.82, 2.24) is 4.90 Å². The van der Waals surface area contributed by atoms with Crippen LogP contribution in [0.1, 0.15) is 21.8 Å². The zero-order valence-electron chi connectivity index (χ0n) is 15.2.